The Morgan fingerprint density at radius 3 is 2.50 bits per heavy atom. The van der Waals surface area contributed by atoms with Gasteiger partial charge in [0.05, 0.1) is 29.6 Å². The molecule has 0 saturated heterocycles. The SMILES string of the molecule is CCOc1ccc(-n2c(SCC(=O)NN=Cc3ccc(OCc4ccccc4)cc3)nc3sc4c(c3c2=O)CCCC4)cc1. The third-order valence-corrected chi connectivity index (χ3v) is 9.35. The molecule has 1 aliphatic rings. The number of nitrogens with one attached hydrogen (secondary N) is 1. The normalized spacial score (nSPS) is 12.8. The summed E-state index contributed by atoms with van der Waals surface area (Å²) in [6.45, 7) is 2.98. The third-order valence-electron chi connectivity index (χ3n) is 7.23. The van der Waals surface area contributed by atoms with Crippen molar-refractivity contribution in [3.8, 4) is 17.2 Å². The summed E-state index contributed by atoms with van der Waals surface area (Å²) in [7, 11) is 0. The average Bonchev–Trinajstić information content (AvgIpc) is 3.43. The first-order valence-electron chi connectivity index (χ1n) is 14.6. The van der Waals surface area contributed by atoms with Crippen LogP contribution in [0.5, 0.6) is 11.5 Å². The molecule has 224 valence electrons. The van der Waals surface area contributed by atoms with Crippen LogP contribution in [0.25, 0.3) is 15.9 Å². The van der Waals surface area contributed by atoms with Gasteiger partial charge in [-0.15, -0.1) is 11.3 Å². The van der Waals surface area contributed by atoms with E-state index >= 15 is 0 Å². The minimum absolute atomic E-state index is 0.0453. The van der Waals surface area contributed by atoms with E-state index in [2.05, 4.69) is 10.5 Å². The molecule has 2 aromatic heterocycles. The van der Waals surface area contributed by atoms with Gasteiger partial charge < -0.3 is 9.47 Å². The highest BCUT2D eigenvalue weighted by Gasteiger charge is 2.23. The highest BCUT2D eigenvalue weighted by atomic mass is 32.2. The highest BCUT2D eigenvalue weighted by Crippen LogP contribution is 2.35. The van der Waals surface area contributed by atoms with Gasteiger partial charge >= 0.3 is 0 Å². The van der Waals surface area contributed by atoms with Crippen LogP contribution in [-0.4, -0.2) is 34.0 Å². The molecule has 0 aliphatic heterocycles. The van der Waals surface area contributed by atoms with E-state index in [4.69, 9.17) is 14.5 Å². The molecule has 0 bridgehead atoms. The molecule has 0 atom stereocenters. The molecule has 0 saturated carbocycles. The average molecular weight is 625 g/mol. The minimum Gasteiger partial charge on any atom is -0.494 e. The van der Waals surface area contributed by atoms with Crippen LogP contribution in [0.2, 0.25) is 0 Å². The fourth-order valence-corrected chi connectivity index (χ4v) is 7.21. The lowest BCUT2D eigenvalue weighted by Gasteiger charge is -2.14. The summed E-state index contributed by atoms with van der Waals surface area (Å²) in [5.41, 5.74) is 6.22. The van der Waals surface area contributed by atoms with E-state index in [1.165, 1.54) is 16.6 Å². The van der Waals surface area contributed by atoms with Crippen LogP contribution >= 0.6 is 23.1 Å². The topological polar surface area (TPSA) is 94.8 Å². The molecule has 0 fully saturated rings. The van der Waals surface area contributed by atoms with Gasteiger partial charge in [0.15, 0.2) is 5.16 Å². The van der Waals surface area contributed by atoms with E-state index in [1.54, 1.807) is 22.1 Å². The number of benzene rings is 3. The number of fused-ring (bicyclic) bond motifs is 3. The molecule has 0 radical (unpaired) electrons. The van der Waals surface area contributed by atoms with Crippen molar-refractivity contribution in [2.45, 2.75) is 44.4 Å². The predicted molar refractivity (Wildman–Crippen MR) is 177 cm³/mol. The summed E-state index contributed by atoms with van der Waals surface area (Å²) in [5, 5.41) is 5.29. The standard InChI is InChI=1S/C34H32N4O4S2/c1-2-41-26-18-14-25(15-19-26)38-33(40)31-28-10-6-7-11-29(28)44-32(31)36-34(38)43-22-30(39)37-35-20-23-12-16-27(17-13-23)42-21-24-8-4-3-5-9-24/h3-5,8-9,12-20H,2,6-7,10-11,21-22H2,1H3,(H,37,39). The van der Waals surface area contributed by atoms with Crippen molar-refractivity contribution in [3.63, 3.8) is 0 Å². The van der Waals surface area contributed by atoms with Gasteiger partial charge in [-0.2, -0.15) is 5.10 Å². The van der Waals surface area contributed by atoms with Gasteiger partial charge in [-0.25, -0.2) is 10.4 Å². The highest BCUT2D eigenvalue weighted by molar-refractivity contribution is 7.99. The van der Waals surface area contributed by atoms with Crippen molar-refractivity contribution in [1.82, 2.24) is 15.0 Å². The number of hydrogen-bond donors (Lipinski definition) is 1. The van der Waals surface area contributed by atoms with E-state index in [9.17, 15) is 9.59 Å². The van der Waals surface area contributed by atoms with Gasteiger partial charge in [-0.3, -0.25) is 14.2 Å². The third kappa shape index (κ3) is 6.87. The Balaban J connectivity index is 1.14. The van der Waals surface area contributed by atoms with Gasteiger partial charge in [-0.05, 0) is 97.8 Å². The Hall–Kier alpha value is -4.41. The monoisotopic (exact) mass is 624 g/mol. The maximum Gasteiger partial charge on any atom is 0.267 e. The number of aromatic nitrogens is 2. The van der Waals surface area contributed by atoms with Crippen molar-refractivity contribution in [3.05, 3.63) is 111 Å². The number of aryl methyl sites for hydroxylation is 2. The Morgan fingerprint density at radius 1 is 1.00 bits per heavy atom. The molecule has 5 aromatic rings. The van der Waals surface area contributed by atoms with Gasteiger partial charge in [0.1, 0.15) is 22.9 Å². The van der Waals surface area contributed by atoms with Crippen LogP contribution in [0.4, 0.5) is 0 Å². The maximum atomic E-state index is 14.0. The van der Waals surface area contributed by atoms with Crippen LogP contribution in [0.3, 0.4) is 0 Å². The van der Waals surface area contributed by atoms with E-state index in [0.717, 1.165) is 58.7 Å². The van der Waals surface area contributed by atoms with Gasteiger partial charge in [0.25, 0.3) is 11.5 Å². The van der Waals surface area contributed by atoms with E-state index < -0.39 is 0 Å². The second-order valence-electron chi connectivity index (χ2n) is 10.3. The van der Waals surface area contributed by atoms with Crippen LogP contribution in [0.15, 0.2) is 93.9 Å². The Kier molecular flexibility index (Phi) is 9.38. The zero-order chi connectivity index (χ0) is 30.3. The molecule has 1 amide bonds. The van der Waals surface area contributed by atoms with E-state index in [0.29, 0.717) is 29.4 Å². The predicted octanol–water partition coefficient (Wildman–Crippen LogP) is 6.55. The van der Waals surface area contributed by atoms with E-state index in [1.807, 2.05) is 85.8 Å². The Bertz CT molecular complexity index is 1830. The zero-order valence-corrected chi connectivity index (χ0v) is 26.0. The molecule has 1 aliphatic carbocycles. The molecule has 0 unspecified atom stereocenters. The van der Waals surface area contributed by atoms with E-state index in [-0.39, 0.29) is 17.2 Å². The summed E-state index contributed by atoms with van der Waals surface area (Å²) in [6, 6.07) is 24.9. The summed E-state index contributed by atoms with van der Waals surface area (Å²) in [4.78, 5) is 33.6. The first kappa shape index (κ1) is 29.7. The first-order chi connectivity index (χ1) is 21.6. The van der Waals surface area contributed by atoms with Gasteiger partial charge in [0.2, 0.25) is 0 Å². The summed E-state index contributed by atoms with van der Waals surface area (Å²) in [5.74, 6) is 1.23. The molecule has 1 N–H and O–H groups in total. The maximum absolute atomic E-state index is 14.0. The van der Waals surface area contributed by atoms with Crippen molar-refractivity contribution in [2.24, 2.45) is 5.10 Å². The van der Waals surface area contributed by atoms with Gasteiger partial charge in [0, 0.05) is 4.88 Å². The van der Waals surface area contributed by atoms with Crippen molar-refractivity contribution in [2.75, 3.05) is 12.4 Å². The van der Waals surface area contributed by atoms with Crippen LogP contribution < -0.4 is 20.5 Å². The number of hydrogen-bond acceptors (Lipinski definition) is 8. The Labute approximate surface area is 263 Å². The summed E-state index contributed by atoms with van der Waals surface area (Å²) < 4.78 is 13.0. The second-order valence-corrected chi connectivity index (χ2v) is 12.3. The lowest BCUT2D eigenvalue weighted by Crippen LogP contribution is -2.24. The summed E-state index contributed by atoms with van der Waals surface area (Å²) in [6.07, 6.45) is 5.66. The molecule has 44 heavy (non-hydrogen) atoms. The Morgan fingerprint density at radius 2 is 1.73 bits per heavy atom. The van der Waals surface area contributed by atoms with Crippen LogP contribution in [0, 0.1) is 0 Å². The van der Waals surface area contributed by atoms with Crippen molar-refractivity contribution in [1.29, 1.82) is 0 Å². The van der Waals surface area contributed by atoms with Crippen molar-refractivity contribution >= 4 is 45.4 Å². The van der Waals surface area contributed by atoms with Gasteiger partial charge in [-0.1, -0.05) is 42.1 Å². The van der Waals surface area contributed by atoms with Crippen LogP contribution in [0.1, 0.15) is 41.3 Å². The number of rotatable bonds is 11. The number of carbonyl (C=O) groups is 1. The smallest absolute Gasteiger partial charge is 0.267 e. The fraction of sp³-hybridized carbons (Fsp3) is 0.235. The second kappa shape index (κ2) is 13.9. The number of amides is 1. The molecule has 8 nitrogen and oxygen atoms in total. The van der Waals surface area contributed by atoms with Crippen molar-refractivity contribution < 1.29 is 14.3 Å². The zero-order valence-electron chi connectivity index (χ0n) is 24.3. The molecule has 2 heterocycles. The fourth-order valence-electron chi connectivity index (χ4n) is 5.10. The lowest BCUT2D eigenvalue weighted by molar-refractivity contribution is -0.118. The molecule has 6 rings (SSSR count). The quantitative estimate of drug-likeness (QED) is 0.0776. The summed E-state index contributed by atoms with van der Waals surface area (Å²) >= 11 is 2.81. The largest absolute Gasteiger partial charge is 0.494 e. The number of nitrogens with zero attached hydrogens (tertiary/aromatic N) is 3. The molecule has 3 aromatic carbocycles. The molecule has 0 spiro atoms. The molecular formula is C34H32N4O4S2. The first-order valence-corrected chi connectivity index (χ1v) is 16.4. The number of thiophene rings is 1. The number of carbonyl (C=O) groups excluding carboxylic acids is 1. The van der Waals surface area contributed by atoms with Crippen LogP contribution in [-0.2, 0) is 24.2 Å². The number of hydrazone groups is 1. The molecular weight excluding hydrogens is 593 g/mol. The molecule has 10 heteroatoms. The number of ether oxygens (including phenoxy) is 2. The minimum atomic E-state index is -0.299. The number of thioether (sulfide) groups is 1. The lowest BCUT2D eigenvalue weighted by atomic mass is 9.97.